The van der Waals surface area contributed by atoms with Gasteiger partial charge in [-0.15, -0.1) is 5.10 Å². The summed E-state index contributed by atoms with van der Waals surface area (Å²) in [6.07, 6.45) is 1.81. The molecule has 0 spiro atoms. The molecule has 9 heteroatoms. The molecule has 0 aromatic carbocycles. The van der Waals surface area contributed by atoms with Gasteiger partial charge in [-0.3, -0.25) is 0 Å². The number of sulfone groups is 1. The largest absolute Gasteiger partial charge is 0.246 e. The van der Waals surface area contributed by atoms with Crippen molar-refractivity contribution in [3.63, 3.8) is 0 Å². The quantitative estimate of drug-likeness (QED) is 0.698. The molecule has 18 heavy (non-hydrogen) atoms. The van der Waals surface area contributed by atoms with Crippen LogP contribution in [0.15, 0.2) is 11.1 Å². The summed E-state index contributed by atoms with van der Waals surface area (Å²) in [7, 11) is -1.69. The lowest BCUT2D eigenvalue weighted by atomic mass is 10.2. The minimum Gasteiger partial charge on any atom is -0.246 e. The fourth-order valence-corrected chi connectivity index (χ4v) is 3.78. The van der Waals surface area contributed by atoms with E-state index in [0.717, 1.165) is 0 Å². The van der Waals surface area contributed by atoms with E-state index in [2.05, 4.69) is 20.3 Å². The van der Waals surface area contributed by atoms with Crippen molar-refractivity contribution in [1.29, 1.82) is 0 Å². The number of hydrogen-bond acceptors (Lipinski definition) is 6. The Bertz CT molecular complexity index is 739. The summed E-state index contributed by atoms with van der Waals surface area (Å²) in [4.78, 5) is 8.14. The maximum absolute atomic E-state index is 12.0. The maximum atomic E-state index is 12.0. The molecular formula is C9H8ClN5O2S. The van der Waals surface area contributed by atoms with Gasteiger partial charge in [-0.1, -0.05) is 5.21 Å². The second-order valence-electron chi connectivity index (χ2n) is 3.93. The third kappa shape index (κ3) is 1.60. The number of aryl methyl sites for hydroxylation is 2. The Balaban J connectivity index is 2.38. The Labute approximate surface area is 108 Å². The van der Waals surface area contributed by atoms with Crippen molar-refractivity contribution in [2.24, 2.45) is 7.05 Å². The normalized spacial score (nSPS) is 16.8. The van der Waals surface area contributed by atoms with Gasteiger partial charge in [0.1, 0.15) is 16.3 Å². The van der Waals surface area contributed by atoms with E-state index in [-0.39, 0.29) is 21.6 Å². The van der Waals surface area contributed by atoms with Crippen LogP contribution in [-0.4, -0.2) is 39.1 Å². The van der Waals surface area contributed by atoms with Crippen molar-refractivity contribution in [2.45, 2.75) is 11.3 Å². The molecular weight excluding hydrogens is 278 g/mol. The number of rotatable bonds is 1. The zero-order valence-corrected chi connectivity index (χ0v) is 10.9. The molecule has 3 heterocycles. The van der Waals surface area contributed by atoms with Gasteiger partial charge in [0.2, 0.25) is 5.28 Å². The van der Waals surface area contributed by atoms with Crippen LogP contribution in [-0.2, 0) is 23.3 Å². The van der Waals surface area contributed by atoms with Gasteiger partial charge in [0.25, 0.3) is 0 Å². The van der Waals surface area contributed by atoms with Gasteiger partial charge in [-0.2, -0.15) is 0 Å². The molecule has 0 aliphatic carbocycles. The van der Waals surface area contributed by atoms with Crippen LogP contribution in [0, 0.1) is 0 Å². The first-order valence-corrected chi connectivity index (χ1v) is 7.16. The van der Waals surface area contributed by atoms with Crippen LogP contribution in [0.3, 0.4) is 0 Å². The number of aromatic nitrogens is 5. The zero-order valence-electron chi connectivity index (χ0n) is 9.33. The van der Waals surface area contributed by atoms with Crippen molar-refractivity contribution in [2.75, 3.05) is 5.75 Å². The summed E-state index contributed by atoms with van der Waals surface area (Å²) in [5.41, 5.74) is 1.24. The molecule has 94 valence electrons. The molecule has 1 aliphatic heterocycles. The van der Waals surface area contributed by atoms with Gasteiger partial charge in [0, 0.05) is 13.5 Å². The Morgan fingerprint density at radius 1 is 1.39 bits per heavy atom. The summed E-state index contributed by atoms with van der Waals surface area (Å²) in [5, 5.41) is 7.51. The SMILES string of the molecule is Cn1nncc1-c1nc(Cl)nc2c1S(=O)(=O)CC2. The second kappa shape index (κ2) is 3.72. The van der Waals surface area contributed by atoms with Crippen LogP contribution >= 0.6 is 11.6 Å². The first-order chi connectivity index (χ1) is 8.49. The van der Waals surface area contributed by atoms with E-state index < -0.39 is 9.84 Å². The molecule has 7 nitrogen and oxygen atoms in total. The van der Waals surface area contributed by atoms with Crippen LogP contribution in [0.5, 0.6) is 0 Å². The molecule has 1 aliphatic rings. The van der Waals surface area contributed by atoms with E-state index in [1.807, 2.05) is 0 Å². The van der Waals surface area contributed by atoms with Gasteiger partial charge in [0.15, 0.2) is 9.84 Å². The summed E-state index contributed by atoms with van der Waals surface area (Å²) in [6.45, 7) is 0. The van der Waals surface area contributed by atoms with Crippen molar-refractivity contribution in [3.05, 3.63) is 17.2 Å². The van der Waals surface area contributed by atoms with E-state index in [1.165, 1.54) is 10.9 Å². The fraction of sp³-hybridized carbons (Fsp3) is 0.333. The topological polar surface area (TPSA) is 90.6 Å². The minimum atomic E-state index is -3.35. The average Bonchev–Trinajstić information content (AvgIpc) is 2.82. The Kier molecular flexibility index (Phi) is 2.39. The maximum Gasteiger partial charge on any atom is 0.223 e. The van der Waals surface area contributed by atoms with E-state index in [9.17, 15) is 8.42 Å². The fourth-order valence-electron chi connectivity index (χ4n) is 1.97. The number of halogens is 1. The molecule has 0 radical (unpaired) electrons. The molecule has 0 saturated carbocycles. The molecule has 0 amide bonds. The van der Waals surface area contributed by atoms with E-state index in [0.29, 0.717) is 17.8 Å². The predicted octanol–water partition coefficient (Wildman–Crippen LogP) is 0.255. The second-order valence-corrected chi connectivity index (χ2v) is 6.31. The highest BCUT2D eigenvalue weighted by Crippen LogP contribution is 2.33. The van der Waals surface area contributed by atoms with Crippen LogP contribution in [0.1, 0.15) is 5.69 Å². The minimum absolute atomic E-state index is 0.0297. The first kappa shape index (κ1) is 11.5. The lowest BCUT2D eigenvalue weighted by Crippen LogP contribution is -2.06. The molecule has 2 aromatic heterocycles. The van der Waals surface area contributed by atoms with Crippen molar-refractivity contribution < 1.29 is 8.42 Å². The number of nitrogens with zero attached hydrogens (tertiary/aromatic N) is 5. The molecule has 3 rings (SSSR count). The lowest BCUT2D eigenvalue weighted by Gasteiger charge is -2.06. The predicted molar refractivity (Wildman–Crippen MR) is 62.8 cm³/mol. The molecule has 0 saturated heterocycles. The first-order valence-electron chi connectivity index (χ1n) is 5.13. The van der Waals surface area contributed by atoms with Crippen LogP contribution in [0.2, 0.25) is 5.28 Å². The highest BCUT2D eigenvalue weighted by molar-refractivity contribution is 7.91. The molecule has 0 atom stereocenters. The van der Waals surface area contributed by atoms with Crippen LogP contribution in [0.25, 0.3) is 11.4 Å². The number of hydrogen-bond donors (Lipinski definition) is 0. The Morgan fingerprint density at radius 3 is 2.83 bits per heavy atom. The van der Waals surface area contributed by atoms with Gasteiger partial charge in [-0.25, -0.2) is 23.1 Å². The Hall–Kier alpha value is -1.54. The highest BCUT2D eigenvalue weighted by atomic mass is 35.5. The molecule has 0 bridgehead atoms. The monoisotopic (exact) mass is 285 g/mol. The van der Waals surface area contributed by atoms with Gasteiger partial charge >= 0.3 is 0 Å². The third-order valence-corrected chi connectivity index (χ3v) is 4.75. The molecule has 0 N–H and O–H groups in total. The van der Waals surface area contributed by atoms with Gasteiger partial charge in [-0.05, 0) is 11.6 Å². The van der Waals surface area contributed by atoms with Crippen molar-refractivity contribution >= 4 is 21.4 Å². The zero-order chi connectivity index (χ0) is 12.9. The highest BCUT2D eigenvalue weighted by Gasteiger charge is 2.33. The summed E-state index contributed by atoms with van der Waals surface area (Å²) in [5.74, 6) is 0.0373. The number of fused-ring (bicyclic) bond motifs is 1. The average molecular weight is 286 g/mol. The van der Waals surface area contributed by atoms with E-state index >= 15 is 0 Å². The van der Waals surface area contributed by atoms with E-state index in [4.69, 9.17) is 11.6 Å². The summed E-state index contributed by atoms with van der Waals surface area (Å²) < 4.78 is 25.5. The smallest absolute Gasteiger partial charge is 0.223 e. The molecule has 0 fully saturated rings. The standard InChI is InChI=1S/C9H8ClN5O2S/c1-15-6(4-11-14-15)7-8-5(12-9(10)13-7)2-3-18(8,16)17/h4H,2-3H2,1H3. The Morgan fingerprint density at radius 2 is 2.17 bits per heavy atom. The van der Waals surface area contributed by atoms with Crippen LogP contribution in [0.4, 0.5) is 0 Å². The molecule has 0 unspecified atom stereocenters. The van der Waals surface area contributed by atoms with Crippen LogP contribution < -0.4 is 0 Å². The van der Waals surface area contributed by atoms with E-state index in [1.54, 1.807) is 7.05 Å². The molecule has 2 aromatic rings. The lowest BCUT2D eigenvalue weighted by molar-refractivity contribution is 0.599. The third-order valence-electron chi connectivity index (χ3n) is 2.78. The van der Waals surface area contributed by atoms with Crippen molar-refractivity contribution in [3.8, 4) is 11.4 Å². The van der Waals surface area contributed by atoms with Gasteiger partial charge in [0.05, 0.1) is 17.6 Å². The van der Waals surface area contributed by atoms with Gasteiger partial charge < -0.3 is 0 Å². The summed E-state index contributed by atoms with van der Waals surface area (Å²) >= 11 is 5.82. The summed E-state index contributed by atoms with van der Waals surface area (Å²) in [6, 6.07) is 0. The van der Waals surface area contributed by atoms with Crippen molar-refractivity contribution in [1.82, 2.24) is 25.0 Å².